The van der Waals surface area contributed by atoms with E-state index in [0.717, 1.165) is 28.1 Å². The van der Waals surface area contributed by atoms with Crippen molar-refractivity contribution in [3.8, 4) is 0 Å². The van der Waals surface area contributed by atoms with Gasteiger partial charge in [-0.2, -0.15) is 4.31 Å². The predicted molar refractivity (Wildman–Crippen MR) is 80.1 cm³/mol. The SMILES string of the molecule is COCC1CCN(S(=O)(=O)c2cc(Br)sc2C)CC1. The van der Waals surface area contributed by atoms with Crippen molar-refractivity contribution in [2.24, 2.45) is 5.92 Å². The highest BCUT2D eigenvalue weighted by atomic mass is 79.9. The second-order valence-electron chi connectivity index (χ2n) is 4.77. The first kappa shape index (κ1) is 15.4. The summed E-state index contributed by atoms with van der Waals surface area (Å²) in [4.78, 5) is 1.28. The summed E-state index contributed by atoms with van der Waals surface area (Å²) in [5, 5.41) is 0. The Bertz CT molecular complexity index is 533. The number of sulfonamides is 1. The van der Waals surface area contributed by atoms with Crippen LogP contribution in [0.2, 0.25) is 0 Å². The highest BCUT2D eigenvalue weighted by Gasteiger charge is 2.31. The Labute approximate surface area is 126 Å². The third-order valence-electron chi connectivity index (χ3n) is 3.44. The van der Waals surface area contributed by atoms with E-state index < -0.39 is 10.0 Å². The third-order valence-corrected chi connectivity index (χ3v) is 7.14. The number of thiophene rings is 1. The number of rotatable bonds is 4. The Morgan fingerprint density at radius 1 is 1.47 bits per heavy atom. The summed E-state index contributed by atoms with van der Waals surface area (Å²) in [7, 11) is -1.65. The zero-order valence-electron chi connectivity index (χ0n) is 11.1. The average Bonchev–Trinajstić information content (AvgIpc) is 2.70. The lowest BCUT2D eigenvalue weighted by Gasteiger charge is -2.30. The molecule has 2 rings (SSSR count). The maximum absolute atomic E-state index is 12.6. The van der Waals surface area contributed by atoms with Crippen LogP contribution in [0.15, 0.2) is 14.7 Å². The Hall–Kier alpha value is 0.0500. The van der Waals surface area contributed by atoms with Crippen LogP contribution in [-0.4, -0.2) is 39.5 Å². The molecule has 108 valence electrons. The zero-order chi connectivity index (χ0) is 14.0. The van der Waals surface area contributed by atoms with Crippen LogP contribution in [-0.2, 0) is 14.8 Å². The van der Waals surface area contributed by atoms with Crippen LogP contribution in [0.4, 0.5) is 0 Å². The summed E-state index contributed by atoms with van der Waals surface area (Å²) in [5.74, 6) is 0.478. The summed E-state index contributed by atoms with van der Waals surface area (Å²) in [6, 6.07) is 1.70. The molecule has 0 bridgehead atoms. The van der Waals surface area contributed by atoms with Gasteiger partial charge in [0.2, 0.25) is 10.0 Å². The largest absolute Gasteiger partial charge is 0.384 e. The summed E-state index contributed by atoms with van der Waals surface area (Å²) in [6.45, 7) is 3.74. The van der Waals surface area contributed by atoms with E-state index in [1.54, 1.807) is 17.5 Å². The van der Waals surface area contributed by atoms with Crippen molar-refractivity contribution in [3.05, 3.63) is 14.7 Å². The van der Waals surface area contributed by atoms with Crippen LogP contribution in [0.3, 0.4) is 0 Å². The van der Waals surface area contributed by atoms with Crippen molar-refractivity contribution >= 4 is 37.3 Å². The van der Waals surface area contributed by atoms with Crippen molar-refractivity contribution in [3.63, 3.8) is 0 Å². The first-order valence-electron chi connectivity index (χ1n) is 6.20. The van der Waals surface area contributed by atoms with E-state index in [2.05, 4.69) is 15.9 Å². The molecule has 1 saturated heterocycles. The maximum Gasteiger partial charge on any atom is 0.244 e. The summed E-state index contributed by atoms with van der Waals surface area (Å²) in [5.41, 5.74) is 0. The van der Waals surface area contributed by atoms with Crippen molar-refractivity contribution < 1.29 is 13.2 Å². The minimum Gasteiger partial charge on any atom is -0.384 e. The van der Waals surface area contributed by atoms with Gasteiger partial charge in [0.05, 0.1) is 8.68 Å². The Balaban J connectivity index is 2.12. The van der Waals surface area contributed by atoms with Crippen molar-refractivity contribution in [1.82, 2.24) is 4.31 Å². The molecular weight excluding hydrogens is 350 g/mol. The number of piperidine rings is 1. The molecule has 1 aliphatic rings. The topological polar surface area (TPSA) is 46.6 Å². The number of halogens is 1. The molecule has 1 fully saturated rings. The fraction of sp³-hybridized carbons (Fsp3) is 0.667. The molecule has 19 heavy (non-hydrogen) atoms. The molecule has 0 N–H and O–H groups in total. The zero-order valence-corrected chi connectivity index (χ0v) is 14.3. The number of ether oxygens (including phenoxy) is 1. The van der Waals surface area contributed by atoms with Gasteiger partial charge in [-0.25, -0.2) is 8.42 Å². The average molecular weight is 368 g/mol. The van der Waals surface area contributed by atoms with Crippen molar-refractivity contribution in [1.29, 1.82) is 0 Å². The van der Waals surface area contributed by atoms with E-state index in [0.29, 0.717) is 23.9 Å². The van der Waals surface area contributed by atoms with Gasteiger partial charge in [0, 0.05) is 31.7 Å². The van der Waals surface area contributed by atoms with Crippen LogP contribution in [0.1, 0.15) is 17.7 Å². The number of hydrogen-bond donors (Lipinski definition) is 0. The van der Waals surface area contributed by atoms with Crippen molar-refractivity contribution in [2.45, 2.75) is 24.7 Å². The van der Waals surface area contributed by atoms with Crippen LogP contribution < -0.4 is 0 Å². The summed E-state index contributed by atoms with van der Waals surface area (Å²) >= 11 is 4.81. The fourth-order valence-corrected chi connectivity index (χ4v) is 6.23. The van der Waals surface area contributed by atoms with Gasteiger partial charge in [-0.1, -0.05) is 0 Å². The summed E-state index contributed by atoms with van der Waals surface area (Å²) in [6.07, 6.45) is 1.74. The number of nitrogens with zero attached hydrogens (tertiary/aromatic N) is 1. The molecule has 0 aromatic carbocycles. The highest BCUT2D eigenvalue weighted by molar-refractivity contribution is 9.11. The van der Waals surface area contributed by atoms with E-state index in [4.69, 9.17) is 4.74 Å². The lowest BCUT2D eigenvalue weighted by Crippen LogP contribution is -2.39. The molecule has 2 heterocycles. The maximum atomic E-state index is 12.6. The second kappa shape index (κ2) is 6.22. The molecule has 0 radical (unpaired) electrons. The molecule has 4 nitrogen and oxygen atoms in total. The van der Waals surface area contributed by atoms with Crippen molar-refractivity contribution in [2.75, 3.05) is 26.8 Å². The lowest BCUT2D eigenvalue weighted by molar-refractivity contribution is 0.121. The molecule has 0 aliphatic carbocycles. The Kier molecular flexibility index (Phi) is 5.05. The van der Waals surface area contributed by atoms with E-state index in [-0.39, 0.29) is 0 Å². The standard InChI is InChI=1S/C12H18BrNO3S2/c1-9-11(7-12(13)18-9)19(15,16)14-5-3-10(4-6-14)8-17-2/h7,10H,3-6,8H2,1-2H3. The number of hydrogen-bond acceptors (Lipinski definition) is 4. The quantitative estimate of drug-likeness (QED) is 0.821. The van der Waals surface area contributed by atoms with Gasteiger partial charge >= 0.3 is 0 Å². The minimum absolute atomic E-state index is 0.439. The molecule has 1 aromatic heterocycles. The Morgan fingerprint density at radius 2 is 2.11 bits per heavy atom. The molecule has 0 atom stereocenters. The molecule has 7 heteroatoms. The van der Waals surface area contributed by atoms with Crippen LogP contribution >= 0.6 is 27.3 Å². The van der Waals surface area contributed by atoms with Gasteiger partial charge in [0.15, 0.2) is 0 Å². The minimum atomic E-state index is -3.34. The van der Waals surface area contributed by atoms with Crippen LogP contribution in [0.25, 0.3) is 0 Å². The predicted octanol–water partition coefficient (Wildman–Crippen LogP) is 2.87. The Morgan fingerprint density at radius 3 is 2.58 bits per heavy atom. The number of aryl methyl sites for hydroxylation is 1. The molecule has 0 amide bonds. The third kappa shape index (κ3) is 3.39. The number of methoxy groups -OCH3 is 1. The van der Waals surface area contributed by atoms with Gasteiger partial charge in [0.25, 0.3) is 0 Å². The van der Waals surface area contributed by atoms with E-state index in [9.17, 15) is 8.42 Å². The molecular formula is C12H18BrNO3S2. The molecule has 0 spiro atoms. The van der Waals surface area contributed by atoms with Gasteiger partial charge in [0.1, 0.15) is 0 Å². The van der Waals surface area contributed by atoms with Gasteiger partial charge in [-0.3, -0.25) is 0 Å². The molecule has 1 aromatic rings. The molecule has 0 saturated carbocycles. The van der Waals surface area contributed by atoms with Crippen LogP contribution in [0, 0.1) is 12.8 Å². The monoisotopic (exact) mass is 367 g/mol. The van der Waals surface area contributed by atoms with E-state index in [1.807, 2.05) is 6.92 Å². The van der Waals surface area contributed by atoms with Crippen LogP contribution in [0.5, 0.6) is 0 Å². The summed E-state index contributed by atoms with van der Waals surface area (Å²) < 4.78 is 32.7. The van der Waals surface area contributed by atoms with E-state index >= 15 is 0 Å². The van der Waals surface area contributed by atoms with Gasteiger partial charge < -0.3 is 4.74 Å². The first-order chi connectivity index (χ1) is 8.95. The lowest BCUT2D eigenvalue weighted by atomic mass is 9.99. The smallest absolute Gasteiger partial charge is 0.244 e. The first-order valence-corrected chi connectivity index (χ1v) is 9.25. The fourth-order valence-electron chi connectivity index (χ4n) is 2.38. The second-order valence-corrected chi connectivity index (χ2v) is 9.32. The molecule has 1 aliphatic heterocycles. The normalized spacial score (nSPS) is 18.9. The van der Waals surface area contributed by atoms with E-state index in [1.165, 1.54) is 11.3 Å². The highest BCUT2D eigenvalue weighted by Crippen LogP contribution is 2.33. The van der Waals surface area contributed by atoms with Gasteiger partial charge in [-0.15, -0.1) is 11.3 Å². The molecule has 0 unspecified atom stereocenters. The van der Waals surface area contributed by atoms with Gasteiger partial charge in [-0.05, 0) is 47.7 Å².